The molecule has 1 unspecified atom stereocenters. The second-order valence-corrected chi connectivity index (χ2v) is 3.16. The monoisotopic (exact) mass is 218 g/mol. The number of carboxylic acids is 1. The molecule has 0 aromatic carbocycles. The molecule has 0 aromatic rings. The third-order valence-electron chi connectivity index (χ3n) is 1.74. The Hall–Kier alpha value is -1.30. The van der Waals surface area contributed by atoms with Gasteiger partial charge in [0.15, 0.2) is 0 Å². The second-order valence-electron chi connectivity index (χ2n) is 3.16. The number of methoxy groups -OCH3 is 1. The average molecular weight is 218 g/mol. The molecule has 0 aromatic heterocycles. The Bertz CT molecular complexity index is 202. The molecular weight excluding hydrogens is 200 g/mol. The van der Waals surface area contributed by atoms with Crippen LogP contribution in [-0.4, -0.2) is 43.4 Å². The van der Waals surface area contributed by atoms with Gasteiger partial charge in [0, 0.05) is 7.11 Å². The van der Waals surface area contributed by atoms with Gasteiger partial charge in [-0.25, -0.2) is 4.79 Å². The lowest BCUT2D eigenvalue weighted by atomic mass is 10.2. The van der Waals surface area contributed by atoms with Crippen LogP contribution in [0, 0.1) is 0 Å². The molecule has 6 heteroatoms. The summed E-state index contributed by atoms with van der Waals surface area (Å²) in [6.45, 7) is 2.05. The average Bonchev–Trinajstić information content (AvgIpc) is 2.15. The van der Waals surface area contributed by atoms with Crippen LogP contribution in [0.1, 0.15) is 19.8 Å². The van der Waals surface area contributed by atoms with Gasteiger partial charge in [-0.05, 0) is 6.42 Å². The molecule has 0 aliphatic rings. The van der Waals surface area contributed by atoms with Crippen molar-refractivity contribution in [2.24, 2.45) is 0 Å². The molecule has 3 N–H and O–H groups in total. The molecule has 1 atom stereocenters. The van der Waals surface area contributed by atoms with Crippen LogP contribution >= 0.6 is 0 Å². The number of carbonyl (C=O) groups excluding carboxylic acids is 1. The first kappa shape index (κ1) is 13.7. The third-order valence-corrected chi connectivity index (χ3v) is 1.74. The number of aliphatic carboxylic acids is 1. The Morgan fingerprint density at radius 3 is 2.60 bits per heavy atom. The van der Waals surface area contributed by atoms with Crippen LogP contribution in [0.5, 0.6) is 0 Å². The van der Waals surface area contributed by atoms with Gasteiger partial charge in [0.1, 0.15) is 6.54 Å². The van der Waals surface area contributed by atoms with Gasteiger partial charge < -0.3 is 20.5 Å². The van der Waals surface area contributed by atoms with E-state index in [1.165, 1.54) is 0 Å². The number of amides is 2. The summed E-state index contributed by atoms with van der Waals surface area (Å²) in [5, 5.41) is 13.2. The Kier molecular flexibility index (Phi) is 7.35. The first-order chi connectivity index (χ1) is 7.10. The highest BCUT2D eigenvalue weighted by Crippen LogP contribution is 1.96. The number of ether oxygens (including phenoxy) is 1. The van der Waals surface area contributed by atoms with Crippen molar-refractivity contribution >= 4 is 12.0 Å². The summed E-state index contributed by atoms with van der Waals surface area (Å²) < 4.78 is 4.92. The number of carbonyl (C=O) groups is 2. The zero-order chi connectivity index (χ0) is 11.7. The lowest BCUT2D eigenvalue weighted by Gasteiger charge is -2.16. The molecule has 0 aliphatic carbocycles. The first-order valence-electron chi connectivity index (χ1n) is 4.85. The number of nitrogens with one attached hydrogen (secondary N) is 2. The fourth-order valence-corrected chi connectivity index (χ4v) is 1.14. The summed E-state index contributed by atoms with van der Waals surface area (Å²) in [5.74, 6) is -1.07. The number of carboxylic acid groups (broad SMARTS) is 1. The zero-order valence-corrected chi connectivity index (χ0v) is 9.08. The molecule has 0 fully saturated rings. The fraction of sp³-hybridized carbons (Fsp3) is 0.778. The van der Waals surface area contributed by atoms with Crippen molar-refractivity contribution in [2.75, 3.05) is 20.3 Å². The normalized spacial score (nSPS) is 11.9. The molecule has 0 bridgehead atoms. The zero-order valence-electron chi connectivity index (χ0n) is 9.08. The molecule has 15 heavy (non-hydrogen) atoms. The van der Waals surface area contributed by atoms with Crippen molar-refractivity contribution < 1.29 is 19.4 Å². The fourth-order valence-electron chi connectivity index (χ4n) is 1.14. The van der Waals surface area contributed by atoms with E-state index in [0.717, 1.165) is 12.8 Å². The van der Waals surface area contributed by atoms with E-state index in [2.05, 4.69) is 10.6 Å². The van der Waals surface area contributed by atoms with Gasteiger partial charge in [-0.2, -0.15) is 0 Å². The van der Waals surface area contributed by atoms with Crippen molar-refractivity contribution in [3.63, 3.8) is 0 Å². The Labute approximate surface area is 89.0 Å². The van der Waals surface area contributed by atoms with E-state index in [9.17, 15) is 9.59 Å². The Balaban J connectivity index is 3.82. The quantitative estimate of drug-likeness (QED) is 0.569. The van der Waals surface area contributed by atoms with Crippen LogP contribution in [0.4, 0.5) is 4.79 Å². The molecule has 0 rings (SSSR count). The lowest BCUT2D eigenvalue weighted by molar-refractivity contribution is -0.135. The highest BCUT2D eigenvalue weighted by molar-refractivity contribution is 5.79. The number of urea groups is 1. The number of hydrogen-bond donors (Lipinski definition) is 3. The van der Waals surface area contributed by atoms with Crippen LogP contribution in [0.15, 0.2) is 0 Å². The smallest absolute Gasteiger partial charge is 0.323 e. The maximum Gasteiger partial charge on any atom is 0.323 e. The van der Waals surface area contributed by atoms with E-state index in [-0.39, 0.29) is 12.6 Å². The van der Waals surface area contributed by atoms with Crippen LogP contribution in [0.3, 0.4) is 0 Å². The van der Waals surface area contributed by atoms with Gasteiger partial charge in [-0.3, -0.25) is 4.79 Å². The topological polar surface area (TPSA) is 87.7 Å². The molecule has 0 saturated heterocycles. The predicted molar refractivity (Wildman–Crippen MR) is 54.7 cm³/mol. The largest absolute Gasteiger partial charge is 0.480 e. The number of rotatable bonds is 7. The maximum absolute atomic E-state index is 11.2. The first-order valence-corrected chi connectivity index (χ1v) is 4.85. The minimum Gasteiger partial charge on any atom is -0.480 e. The van der Waals surface area contributed by atoms with Crippen molar-refractivity contribution in [3.05, 3.63) is 0 Å². The summed E-state index contributed by atoms with van der Waals surface area (Å²) in [7, 11) is 1.56. The molecule has 6 nitrogen and oxygen atoms in total. The van der Waals surface area contributed by atoms with Crippen LogP contribution in [0.25, 0.3) is 0 Å². The van der Waals surface area contributed by atoms with Gasteiger partial charge in [-0.1, -0.05) is 13.3 Å². The van der Waals surface area contributed by atoms with Crippen LogP contribution in [-0.2, 0) is 9.53 Å². The minimum absolute atomic E-state index is 0.0752. The SMILES string of the molecule is CCCC(COC)NC(=O)NCC(=O)O. The standard InChI is InChI=1S/C9H18N2O4/c1-3-4-7(6-15-2)11-9(14)10-5-8(12)13/h7H,3-6H2,1-2H3,(H,12,13)(H2,10,11,14). The summed E-state index contributed by atoms with van der Waals surface area (Å²) >= 11 is 0. The van der Waals surface area contributed by atoms with E-state index in [4.69, 9.17) is 9.84 Å². The highest BCUT2D eigenvalue weighted by Gasteiger charge is 2.11. The molecule has 0 spiro atoms. The van der Waals surface area contributed by atoms with E-state index in [1.54, 1.807) is 7.11 Å². The summed E-state index contributed by atoms with van der Waals surface area (Å²) in [6, 6.07) is -0.554. The van der Waals surface area contributed by atoms with E-state index >= 15 is 0 Å². The van der Waals surface area contributed by atoms with E-state index < -0.39 is 12.0 Å². The van der Waals surface area contributed by atoms with Gasteiger partial charge >= 0.3 is 12.0 Å². The van der Waals surface area contributed by atoms with Crippen molar-refractivity contribution in [3.8, 4) is 0 Å². The summed E-state index contributed by atoms with van der Waals surface area (Å²) in [4.78, 5) is 21.3. The van der Waals surface area contributed by atoms with Crippen LogP contribution in [0.2, 0.25) is 0 Å². The molecular formula is C9H18N2O4. The van der Waals surface area contributed by atoms with Gasteiger partial charge in [0.2, 0.25) is 0 Å². The van der Waals surface area contributed by atoms with E-state index in [0.29, 0.717) is 6.61 Å². The highest BCUT2D eigenvalue weighted by atomic mass is 16.5. The molecule has 0 radical (unpaired) electrons. The van der Waals surface area contributed by atoms with E-state index in [1.807, 2.05) is 6.92 Å². The summed E-state index contributed by atoms with van der Waals surface area (Å²) in [6.07, 6.45) is 1.72. The third kappa shape index (κ3) is 7.75. The Morgan fingerprint density at radius 1 is 1.47 bits per heavy atom. The van der Waals surface area contributed by atoms with Crippen molar-refractivity contribution in [1.82, 2.24) is 10.6 Å². The number of hydrogen-bond acceptors (Lipinski definition) is 3. The molecule has 0 saturated carbocycles. The summed E-state index contributed by atoms with van der Waals surface area (Å²) in [5.41, 5.74) is 0. The van der Waals surface area contributed by atoms with Gasteiger partial charge in [0.25, 0.3) is 0 Å². The van der Waals surface area contributed by atoms with Gasteiger partial charge in [-0.15, -0.1) is 0 Å². The van der Waals surface area contributed by atoms with Crippen molar-refractivity contribution in [2.45, 2.75) is 25.8 Å². The van der Waals surface area contributed by atoms with Gasteiger partial charge in [0.05, 0.1) is 12.6 Å². The molecule has 2 amide bonds. The predicted octanol–water partition coefficient (Wildman–Crippen LogP) is 0.185. The lowest BCUT2D eigenvalue weighted by Crippen LogP contribution is -2.45. The molecule has 88 valence electrons. The molecule has 0 aliphatic heterocycles. The second kappa shape index (κ2) is 8.05. The van der Waals surface area contributed by atoms with Crippen LogP contribution < -0.4 is 10.6 Å². The van der Waals surface area contributed by atoms with Crippen molar-refractivity contribution in [1.29, 1.82) is 0 Å². The maximum atomic E-state index is 11.2. The Morgan fingerprint density at radius 2 is 2.13 bits per heavy atom. The molecule has 0 heterocycles. The minimum atomic E-state index is -1.07.